The van der Waals surface area contributed by atoms with Crippen LogP contribution in [0.1, 0.15) is 97.3 Å². The third kappa shape index (κ3) is 19.3. The molecule has 0 aliphatic rings. The summed E-state index contributed by atoms with van der Waals surface area (Å²) in [5, 5.41) is 18.9. The van der Waals surface area contributed by atoms with Gasteiger partial charge in [0, 0.05) is 6.42 Å². The van der Waals surface area contributed by atoms with E-state index in [2.05, 4.69) is 19.1 Å². The van der Waals surface area contributed by atoms with E-state index in [4.69, 9.17) is 9.84 Å². The molecule has 2 unspecified atom stereocenters. The van der Waals surface area contributed by atoms with Crippen molar-refractivity contribution in [1.29, 1.82) is 0 Å². The Bertz CT molecular complexity index is 326. The molecule has 0 fully saturated rings. The van der Waals surface area contributed by atoms with Crippen LogP contribution in [0.15, 0.2) is 12.2 Å². The van der Waals surface area contributed by atoms with Gasteiger partial charge < -0.3 is 14.9 Å². The Morgan fingerprint density at radius 2 is 1.64 bits per heavy atom. The quantitative estimate of drug-likeness (QED) is 0.220. The molecule has 148 valence electrons. The molecule has 4 heteroatoms. The first-order chi connectivity index (χ1) is 12.1. The largest absolute Gasteiger partial charge is 0.463 e. The number of rotatable bonds is 17. The average Bonchev–Trinajstić information content (AvgIpc) is 2.58. The Kier molecular flexibility index (Phi) is 17.3. The number of carbonyl (C=O) groups is 1. The molecule has 4 nitrogen and oxygen atoms in total. The van der Waals surface area contributed by atoms with Gasteiger partial charge in [0.15, 0.2) is 0 Å². The number of unbranched alkanes of at least 4 members (excludes halogenated alkanes) is 8. The van der Waals surface area contributed by atoms with Gasteiger partial charge in [0.1, 0.15) is 6.61 Å². The van der Waals surface area contributed by atoms with E-state index in [9.17, 15) is 9.90 Å². The summed E-state index contributed by atoms with van der Waals surface area (Å²) in [7, 11) is 0. The summed E-state index contributed by atoms with van der Waals surface area (Å²) in [5.41, 5.74) is 0. The van der Waals surface area contributed by atoms with Crippen molar-refractivity contribution in [1.82, 2.24) is 0 Å². The molecule has 0 aromatic heterocycles. The molecular weight excluding hydrogens is 316 g/mol. The summed E-state index contributed by atoms with van der Waals surface area (Å²) in [6.07, 6.45) is 17.0. The molecule has 0 aromatic rings. The highest BCUT2D eigenvalue weighted by atomic mass is 16.5. The lowest BCUT2D eigenvalue weighted by molar-refractivity contribution is -0.146. The molecule has 0 amide bonds. The zero-order valence-corrected chi connectivity index (χ0v) is 16.4. The van der Waals surface area contributed by atoms with E-state index in [1.165, 1.54) is 25.7 Å². The van der Waals surface area contributed by atoms with Gasteiger partial charge in [-0.25, -0.2) is 0 Å². The average molecular weight is 357 g/mol. The zero-order chi connectivity index (χ0) is 18.8. The number of hydrogen-bond acceptors (Lipinski definition) is 4. The van der Waals surface area contributed by atoms with Crippen LogP contribution in [0.3, 0.4) is 0 Å². The number of allylic oxidation sites excluding steroid dienone is 1. The van der Waals surface area contributed by atoms with Gasteiger partial charge in [0.2, 0.25) is 0 Å². The minimum Gasteiger partial charge on any atom is -0.463 e. The summed E-state index contributed by atoms with van der Waals surface area (Å²) in [6, 6.07) is 0. The fraction of sp³-hybridized carbons (Fsp3) is 0.857. The van der Waals surface area contributed by atoms with E-state index in [-0.39, 0.29) is 18.7 Å². The van der Waals surface area contributed by atoms with Crippen molar-refractivity contribution in [2.75, 3.05) is 6.61 Å². The van der Waals surface area contributed by atoms with Gasteiger partial charge in [-0.15, -0.1) is 0 Å². The summed E-state index contributed by atoms with van der Waals surface area (Å²) >= 11 is 0. The SMILES string of the molecule is CCCCCCC(O)C/C=C/CCCCCCCC(=O)OCC(C)O. The molecule has 0 rings (SSSR count). The van der Waals surface area contributed by atoms with Crippen LogP contribution in [0, 0.1) is 0 Å². The zero-order valence-electron chi connectivity index (χ0n) is 16.4. The predicted octanol–water partition coefficient (Wildman–Crippen LogP) is 4.92. The van der Waals surface area contributed by atoms with Crippen molar-refractivity contribution >= 4 is 5.97 Å². The van der Waals surface area contributed by atoms with E-state index in [0.717, 1.165) is 51.4 Å². The van der Waals surface area contributed by atoms with E-state index in [1.807, 2.05) is 0 Å². The van der Waals surface area contributed by atoms with Gasteiger partial charge in [0.25, 0.3) is 0 Å². The Labute approximate surface area is 154 Å². The van der Waals surface area contributed by atoms with Gasteiger partial charge >= 0.3 is 5.97 Å². The number of aliphatic hydroxyl groups is 2. The molecule has 2 atom stereocenters. The van der Waals surface area contributed by atoms with Gasteiger partial charge in [-0.3, -0.25) is 4.79 Å². The number of esters is 1. The van der Waals surface area contributed by atoms with E-state index in [0.29, 0.717) is 6.42 Å². The Morgan fingerprint density at radius 1 is 0.960 bits per heavy atom. The fourth-order valence-corrected chi connectivity index (χ4v) is 2.64. The second kappa shape index (κ2) is 17.9. The van der Waals surface area contributed by atoms with E-state index >= 15 is 0 Å². The van der Waals surface area contributed by atoms with E-state index in [1.54, 1.807) is 6.92 Å². The first-order valence-corrected chi connectivity index (χ1v) is 10.2. The van der Waals surface area contributed by atoms with Crippen molar-refractivity contribution in [2.24, 2.45) is 0 Å². The summed E-state index contributed by atoms with van der Waals surface area (Å²) in [5.74, 6) is -0.211. The number of aliphatic hydroxyl groups excluding tert-OH is 2. The Balaban J connectivity index is 3.33. The molecule has 2 N–H and O–H groups in total. The molecule has 0 spiro atoms. The van der Waals surface area contributed by atoms with Gasteiger partial charge in [-0.1, -0.05) is 64.0 Å². The lowest BCUT2D eigenvalue weighted by Crippen LogP contribution is -2.14. The van der Waals surface area contributed by atoms with Crippen LogP contribution in [-0.2, 0) is 9.53 Å². The summed E-state index contributed by atoms with van der Waals surface area (Å²) < 4.78 is 4.91. The first-order valence-electron chi connectivity index (χ1n) is 10.2. The third-order valence-electron chi connectivity index (χ3n) is 4.20. The van der Waals surface area contributed by atoms with Crippen molar-refractivity contribution in [2.45, 2.75) is 110 Å². The van der Waals surface area contributed by atoms with Crippen LogP contribution in [0.4, 0.5) is 0 Å². The molecule has 0 saturated carbocycles. The van der Waals surface area contributed by atoms with Crippen LogP contribution in [-0.4, -0.2) is 35.0 Å². The highest BCUT2D eigenvalue weighted by Gasteiger charge is 2.04. The summed E-state index contributed by atoms with van der Waals surface area (Å²) in [6.45, 7) is 3.90. The van der Waals surface area contributed by atoms with Crippen LogP contribution in [0.5, 0.6) is 0 Å². The minimum absolute atomic E-state index is 0.0958. The van der Waals surface area contributed by atoms with Gasteiger partial charge in [0.05, 0.1) is 12.2 Å². The smallest absolute Gasteiger partial charge is 0.305 e. The first kappa shape index (κ1) is 24.1. The maximum Gasteiger partial charge on any atom is 0.305 e. The second-order valence-corrected chi connectivity index (χ2v) is 7.05. The van der Waals surface area contributed by atoms with Crippen LogP contribution in [0.2, 0.25) is 0 Å². The number of carbonyl (C=O) groups excluding carboxylic acids is 1. The monoisotopic (exact) mass is 356 g/mol. The standard InChI is InChI=1S/C21H40O4/c1-3-4-5-12-15-20(23)16-13-10-8-6-7-9-11-14-17-21(24)25-18-19(2)22/h10,13,19-20,22-23H,3-9,11-12,14-18H2,1-2H3/b13-10+. The lowest BCUT2D eigenvalue weighted by Gasteiger charge is -2.07. The topological polar surface area (TPSA) is 66.8 Å². The molecule has 0 bridgehead atoms. The Hall–Kier alpha value is -0.870. The molecule has 0 saturated heterocycles. The highest BCUT2D eigenvalue weighted by Crippen LogP contribution is 2.10. The molecule has 0 aliphatic heterocycles. The highest BCUT2D eigenvalue weighted by molar-refractivity contribution is 5.69. The van der Waals surface area contributed by atoms with Crippen LogP contribution in [0.25, 0.3) is 0 Å². The molecule has 25 heavy (non-hydrogen) atoms. The van der Waals surface area contributed by atoms with Crippen LogP contribution < -0.4 is 0 Å². The third-order valence-corrected chi connectivity index (χ3v) is 4.20. The normalized spacial score (nSPS) is 13.9. The molecule has 0 heterocycles. The minimum atomic E-state index is -0.584. The lowest BCUT2D eigenvalue weighted by atomic mass is 10.1. The van der Waals surface area contributed by atoms with Gasteiger partial charge in [-0.2, -0.15) is 0 Å². The molecule has 0 aromatic carbocycles. The van der Waals surface area contributed by atoms with Crippen molar-refractivity contribution in [3.8, 4) is 0 Å². The van der Waals surface area contributed by atoms with Gasteiger partial charge in [-0.05, 0) is 39.0 Å². The maximum atomic E-state index is 11.3. The van der Waals surface area contributed by atoms with Crippen molar-refractivity contribution < 1.29 is 19.7 Å². The number of hydrogen-bond donors (Lipinski definition) is 2. The van der Waals surface area contributed by atoms with Crippen molar-refractivity contribution in [3.05, 3.63) is 12.2 Å². The predicted molar refractivity (Wildman–Crippen MR) is 103 cm³/mol. The second-order valence-electron chi connectivity index (χ2n) is 7.05. The maximum absolute atomic E-state index is 11.3. The Morgan fingerprint density at radius 3 is 2.36 bits per heavy atom. The number of ether oxygens (including phenoxy) is 1. The molecule has 0 radical (unpaired) electrons. The van der Waals surface area contributed by atoms with Crippen molar-refractivity contribution in [3.63, 3.8) is 0 Å². The fourth-order valence-electron chi connectivity index (χ4n) is 2.64. The van der Waals surface area contributed by atoms with E-state index < -0.39 is 6.10 Å². The molecule has 0 aliphatic carbocycles. The van der Waals surface area contributed by atoms with Crippen LogP contribution >= 0.6 is 0 Å². The molecular formula is C21H40O4. The summed E-state index contributed by atoms with van der Waals surface area (Å²) in [4.78, 5) is 11.3.